The summed E-state index contributed by atoms with van der Waals surface area (Å²) >= 11 is 0. The molecule has 0 bridgehead atoms. The first-order valence-corrected chi connectivity index (χ1v) is 8.37. The third-order valence-corrected chi connectivity index (χ3v) is 5.45. The van der Waals surface area contributed by atoms with Gasteiger partial charge in [-0.25, -0.2) is 8.42 Å². The van der Waals surface area contributed by atoms with Gasteiger partial charge in [-0.1, -0.05) is 6.92 Å². The number of hydrogen-bond acceptors (Lipinski definition) is 5. The summed E-state index contributed by atoms with van der Waals surface area (Å²) in [4.78, 5) is 0.0736. The van der Waals surface area contributed by atoms with Crippen molar-refractivity contribution in [2.75, 3.05) is 25.4 Å². The largest absolute Gasteiger partial charge is 0.396 e. The Labute approximate surface area is 119 Å². The Morgan fingerprint density at radius 1 is 1.55 bits per heavy atom. The standard InChI is InChI=1S/C12H22N4O3S/c1-2-5-15-8-11(12(13)14-15)20(18,19)16-6-3-4-10(7-16)9-17/h8,10,17H,2-7,9H2,1H3,(H2,13,14). The van der Waals surface area contributed by atoms with Gasteiger partial charge in [-0.3, -0.25) is 4.68 Å². The maximum Gasteiger partial charge on any atom is 0.248 e. The van der Waals surface area contributed by atoms with Gasteiger partial charge >= 0.3 is 0 Å². The highest BCUT2D eigenvalue weighted by molar-refractivity contribution is 7.89. The number of sulfonamides is 1. The smallest absolute Gasteiger partial charge is 0.248 e. The van der Waals surface area contributed by atoms with Gasteiger partial charge in [-0.05, 0) is 25.2 Å². The van der Waals surface area contributed by atoms with Gasteiger partial charge in [0.15, 0.2) is 5.82 Å². The van der Waals surface area contributed by atoms with Gasteiger partial charge < -0.3 is 10.8 Å². The molecule has 0 radical (unpaired) electrons. The lowest BCUT2D eigenvalue weighted by atomic mass is 10.0. The molecule has 1 unspecified atom stereocenters. The molecule has 8 heteroatoms. The van der Waals surface area contributed by atoms with E-state index in [1.54, 1.807) is 4.68 Å². The van der Waals surface area contributed by atoms with Gasteiger partial charge in [0.05, 0.1) is 0 Å². The van der Waals surface area contributed by atoms with Crippen LogP contribution < -0.4 is 5.73 Å². The van der Waals surface area contributed by atoms with E-state index in [0.717, 1.165) is 19.3 Å². The molecule has 0 spiro atoms. The van der Waals surface area contributed by atoms with Crippen LogP contribution in [0.25, 0.3) is 0 Å². The van der Waals surface area contributed by atoms with Crippen LogP contribution in [-0.2, 0) is 16.6 Å². The number of nitrogens with zero attached hydrogens (tertiary/aromatic N) is 3. The van der Waals surface area contributed by atoms with Crippen molar-refractivity contribution in [1.29, 1.82) is 0 Å². The average molecular weight is 302 g/mol. The molecular formula is C12H22N4O3S. The van der Waals surface area contributed by atoms with Crippen LogP contribution in [0.2, 0.25) is 0 Å². The molecule has 0 amide bonds. The topological polar surface area (TPSA) is 101 Å². The molecule has 1 aromatic heterocycles. The fraction of sp³-hybridized carbons (Fsp3) is 0.750. The van der Waals surface area contributed by atoms with Crippen LogP contribution in [0.1, 0.15) is 26.2 Å². The van der Waals surface area contributed by atoms with E-state index in [-0.39, 0.29) is 23.2 Å². The van der Waals surface area contributed by atoms with Crippen molar-refractivity contribution < 1.29 is 13.5 Å². The number of aliphatic hydroxyl groups excluding tert-OH is 1. The monoisotopic (exact) mass is 302 g/mol. The Bertz CT molecular complexity index is 555. The molecule has 1 saturated heterocycles. The summed E-state index contributed by atoms with van der Waals surface area (Å²) in [6.45, 7) is 3.45. The molecule has 2 heterocycles. The zero-order chi connectivity index (χ0) is 14.8. The SMILES string of the molecule is CCCn1cc(S(=O)(=O)N2CCCC(CO)C2)c(N)n1. The predicted molar refractivity (Wildman–Crippen MR) is 75.5 cm³/mol. The number of aliphatic hydroxyl groups is 1. The molecule has 1 atom stereocenters. The molecule has 0 aliphatic carbocycles. The molecule has 0 aromatic carbocycles. The van der Waals surface area contributed by atoms with Crippen molar-refractivity contribution in [3.05, 3.63) is 6.20 Å². The number of aromatic nitrogens is 2. The van der Waals surface area contributed by atoms with Crippen LogP contribution >= 0.6 is 0 Å². The van der Waals surface area contributed by atoms with E-state index >= 15 is 0 Å². The number of hydrogen-bond donors (Lipinski definition) is 2. The summed E-state index contributed by atoms with van der Waals surface area (Å²) < 4.78 is 28.2. The van der Waals surface area contributed by atoms with Gasteiger partial charge in [0.25, 0.3) is 0 Å². The molecule has 3 N–H and O–H groups in total. The van der Waals surface area contributed by atoms with Crippen molar-refractivity contribution in [1.82, 2.24) is 14.1 Å². The van der Waals surface area contributed by atoms with Crippen molar-refractivity contribution >= 4 is 15.8 Å². The highest BCUT2D eigenvalue weighted by Gasteiger charge is 2.32. The Kier molecular flexibility index (Phi) is 4.66. The van der Waals surface area contributed by atoms with Crippen LogP contribution in [0, 0.1) is 5.92 Å². The summed E-state index contributed by atoms with van der Waals surface area (Å²) in [5.41, 5.74) is 5.74. The van der Waals surface area contributed by atoms with Crippen LogP contribution in [0.5, 0.6) is 0 Å². The van der Waals surface area contributed by atoms with Gasteiger partial charge in [0.2, 0.25) is 10.0 Å². The van der Waals surface area contributed by atoms with Gasteiger partial charge in [0, 0.05) is 32.4 Å². The second kappa shape index (κ2) is 6.11. The zero-order valence-electron chi connectivity index (χ0n) is 11.7. The molecule has 1 aromatic rings. The van der Waals surface area contributed by atoms with Gasteiger partial charge in [-0.2, -0.15) is 9.40 Å². The van der Waals surface area contributed by atoms with Crippen molar-refractivity contribution in [3.8, 4) is 0 Å². The molecule has 1 aliphatic heterocycles. The van der Waals surface area contributed by atoms with E-state index in [1.165, 1.54) is 10.5 Å². The van der Waals surface area contributed by atoms with Crippen LogP contribution in [-0.4, -0.2) is 47.3 Å². The predicted octanol–water partition coefficient (Wildman–Crippen LogP) is 0.268. The molecule has 7 nitrogen and oxygen atoms in total. The second-order valence-electron chi connectivity index (χ2n) is 5.20. The second-order valence-corrected chi connectivity index (χ2v) is 7.10. The van der Waals surface area contributed by atoms with E-state index in [2.05, 4.69) is 5.10 Å². The maximum absolute atomic E-state index is 12.6. The molecular weight excluding hydrogens is 280 g/mol. The highest BCUT2D eigenvalue weighted by atomic mass is 32.2. The summed E-state index contributed by atoms with van der Waals surface area (Å²) in [7, 11) is -3.62. The molecule has 1 aliphatic rings. The third-order valence-electron chi connectivity index (χ3n) is 3.57. The van der Waals surface area contributed by atoms with E-state index in [9.17, 15) is 13.5 Å². The van der Waals surface area contributed by atoms with Gasteiger partial charge in [-0.15, -0.1) is 0 Å². The third kappa shape index (κ3) is 2.97. The number of rotatable bonds is 5. The number of piperidine rings is 1. The summed E-state index contributed by atoms with van der Waals surface area (Å²) in [6, 6.07) is 0. The quantitative estimate of drug-likeness (QED) is 0.813. The van der Waals surface area contributed by atoms with E-state index in [4.69, 9.17) is 5.73 Å². The zero-order valence-corrected chi connectivity index (χ0v) is 12.5. The van der Waals surface area contributed by atoms with Crippen LogP contribution in [0.4, 0.5) is 5.82 Å². The lowest BCUT2D eigenvalue weighted by Crippen LogP contribution is -2.40. The van der Waals surface area contributed by atoms with E-state index in [1.807, 2.05) is 6.92 Å². The van der Waals surface area contributed by atoms with E-state index in [0.29, 0.717) is 19.6 Å². The van der Waals surface area contributed by atoms with Crippen LogP contribution in [0.15, 0.2) is 11.1 Å². The first-order chi connectivity index (χ1) is 9.48. The van der Waals surface area contributed by atoms with Crippen molar-refractivity contribution in [2.24, 2.45) is 5.92 Å². The first-order valence-electron chi connectivity index (χ1n) is 6.93. The van der Waals surface area contributed by atoms with E-state index < -0.39 is 10.0 Å². The van der Waals surface area contributed by atoms with Crippen molar-refractivity contribution in [2.45, 2.75) is 37.6 Å². The minimum absolute atomic E-state index is 0.00503. The number of nitrogens with two attached hydrogens (primary N) is 1. The Hall–Kier alpha value is -1.12. The summed E-state index contributed by atoms with van der Waals surface area (Å²) in [6.07, 6.45) is 3.97. The molecule has 2 rings (SSSR count). The molecule has 1 fully saturated rings. The average Bonchev–Trinajstić information content (AvgIpc) is 2.81. The first kappa shape index (κ1) is 15.3. The molecule has 20 heavy (non-hydrogen) atoms. The minimum Gasteiger partial charge on any atom is -0.396 e. The Morgan fingerprint density at radius 3 is 2.95 bits per heavy atom. The fourth-order valence-corrected chi connectivity index (χ4v) is 4.11. The lowest BCUT2D eigenvalue weighted by Gasteiger charge is -2.30. The molecule has 0 saturated carbocycles. The number of anilines is 1. The lowest BCUT2D eigenvalue weighted by molar-refractivity contribution is 0.165. The summed E-state index contributed by atoms with van der Waals surface area (Å²) in [5, 5.41) is 13.3. The normalized spacial score (nSPS) is 21.2. The number of nitrogen functional groups attached to an aromatic ring is 1. The minimum atomic E-state index is -3.62. The maximum atomic E-state index is 12.6. The fourth-order valence-electron chi connectivity index (χ4n) is 2.49. The van der Waals surface area contributed by atoms with Crippen molar-refractivity contribution in [3.63, 3.8) is 0 Å². The Balaban J connectivity index is 2.25. The number of aryl methyl sites for hydroxylation is 1. The van der Waals surface area contributed by atoms with Crippen LogP contribution in [0.3, 0.4) is 0 Å². The highest BCUT2D eigenvalue weighted by Crippen LogP contribution is 2.26. The summed E-state index contributed by atoms with van der Waals surface area (Å²) in [5.74, 6) is 0.0509. The molecule has 114 valence electrons. The van der Waals surface area contributed by atoms with Gasteiger partial charge in [0.1, 0.15) is 4.90 Å². The Morgan fingerprint density at radius 2 is 2.30 bits per heavy atom.